The van der Waals surface area contributed by atoms with Gasteiger partial charge in [-0.3, -0.25) is 9.79 Å². The van der Waals surface area contributed by atoms with Gasteiger partial charge >= 0.3 is 5.97 Å². The highest BCUT2D eigenvalue weighted by atomic mass is 16.5. The lowest BCUT2D eigenvalue weighted by molar-refractivity contribution is -0.151. The molecule has 0 spiro atoms. The minimum Gasteiger partial charge on any atom is -0.464 e. The second-order valence-electron chi connectivity index (χ2n) is 6.01. The van der Waals surface area contributed by atoms with Crippen LogP contribution in [0.25, 0.3) is 0 Å². The highest BCUT2D eigenvalue weighted by Crippen LogP contribution is 2.42. The first-order chi connectivity index (χ1) is 10.3. The molecular weight excluding hydrogens is 262 g/mol. The van der Waals surface area contributed by atoms with Crippen molar-refractivity contribution in [3.05, 3.63) is 59.9 Å². The maximum absolute atomic E-state index is 12.7. The van der Waals surface area contributed by atoms with Gasteiger partial charge in [-0.2, -0.15) is 0 Å². The van der Waals surface area contributed by atoms with Crippen molar-refractivity contribution in [2.24, 2.45) is 16.3 Å². The van der Waals surface area contributed by atoms with Gasteiger partial charge in [-0.15, -0.1) is 0 Å². The molecule has 3 nitrogen and oxygen atoms in total. The number of ether oxygens (including phenoxy) is 1. The van der Waals surface area contributed by atoms with Crippen LogP contribution < -0.4 is 0 Å². The van der Waals surface area contributed by atoms with E-state index in [1.807, 2.05) is 42.5 Å². The van der Waals surface area contributed by atoms with Gasteiger partial charge in [0.1, 0.15) is 5.41 Å². The monoisotopic (exact) mass is 279 g/mol. The molecule has 3 aliphatic carbocycles. The number of rotatable bonds is 3. The summed E-state index contributed by atoms with van der Waals surface area (Å²) < 4.78 is 5.62. The van der Waals surface area contributed by atoms with Gasteiger partial charge in [0.15, 0.2) is 0 Å². The minimum absolute atomic E-state index is 0.173. The molecular formula is C18H17NO2. The van der Waals surface area contributed by atoms with Gasteiger partial charge in [0.2, 0.25) is 0 Å². The first-order valence-electron chi connectivity index (χ1n) is 7.51. The maximum atomic E-state index is 12.7. The third-order valence-corrected chi connectivity index (χ3v) is 4.68. The number of fused-ring (bicyclic) bond motifs is 2. The molecule has 0 aromatic heterocycles. The van der Waals surface area contributed by atoms with Crippen LogP contribution in [0, 0.1) is 11.3 Å². The Hall–Kier alpha value is -2.16. The van der Waals surface area contributed by atoms with Gasteiger partial charge in [0.25, 0.3) is 0 Å². The molecule has 0 N–H and O–H groups in total. The summed E-state index contributed by atoms with van der Waals surface area (Å²) in [5, 5.41) is 0. The fraction of sp³-hybridized carbons (Fsp3) is 0.333. The van der Waals surface area contributed by atoms with Crippen molar-refractivity contribution in [3.8, 4) is 0 Å². The predicted octanol–water partition coefficient (Wildman–Crippen LogP) is 3.28. The number of hydrogen-bond acceptors (Lipinski definition) is 3. The zero-order valence-electron chi connectivity index (χ0n) is 11.8. The van der Waals surface area contributed by atoms with Crippen molar-refractivity contribution in [3.63, 3.8) is 0 Å². The predicted molar refractivity (Wildman–Crippen MR) is 81.8 cm³/mol. The van der Waals surface area contributed by atoms with E-state index in [0.29, 0.717) is 12.5 Å². The summed E-state index contributed by atoms with van der Waals surface area (Å²) in [7, 11) is 0. The Bertz CT molecular complexity index is 671. The summed E-state index contributed by atoms with van der Waals surface area (Å²) in [6, 6.07) is 0. The van der Waals surface area contributed by atoms with Gasteiger partial charge in [-0.1, -0.05) is 30.7 Å². The van der Waals surface area contributed by atoms with E-state index in [2.05, 4.69) is 4.99 Å². The second kappa shape index (κ2) is 4.69. The Morgan fingerprint density at radius 2 is 2.24 bits per heavy atom. The third-order valence-electron chi connectivity index (χ3n) is 4.68. The second-order valence-corrected chi connectivity index (χ2v) is 6.01. The lowest BCUT2D eigenvalue weighted by Gasteiger charge is -2.33. The molecule has 0 radical (unpaired) electrons. The summed E-state index contributed by atoms with van der Waals surface area (Å²) in [4.78, 5) is 17.0. The van der Waals surface area contributed by atoms with E-state index in [0.717, 1.165) is 16.9 Å². The number of hydrogen-bond donors (Lipinski definition) is 0. The van der Waals surface area contributed by atoms with Crippen LogP contribution in [0.1, 0.15) is 19.3 Å². The van der Waals surface area contributed by atoms with Crippen LogP contribution >= 0.6 is 0 Å². The van der Waals surface area contributed by atoms with Crippen molar-refractivity contribution in [2.75, 3.05) is 6.61 Å². The smallest absolute Gasteiger partial charge is 0.324 e. The summed E-state index contributed by atoms with van der Waals surface area (Å²) >= 11 is 0. The maximum Gasteiger partial charge on any atom is 0.324 e. The summed E-state index contributed by atoms with van der Waals surface area (Å²) in [6.45, 7) is 0.547. The number of carbonyl (C=O) groups is 1. The fourth-order valence-electron chi connectivity index (χ4n) is 3.11. The van der Waals surface area contributed by atoms with Crippen LogP contribution in [0.15, 0.2) is 64.9 Å². The van der Waals surface area contributed by atoms with Gasteiger partial charge in [-0.25, -0.2) is 0 Å². The summed E-state index contributed by atoms with van der Waals surface area (Å²) in [5.41, 5.74) is 2.09. The van der Waals surface area contributed by atoms with E-state index in [1.165, 1.54) is 19.3 Å². The van der Waals surface area contributed by atoms with Crippen LogP contribution in [0.4, 0.5) is 0 Å². The Labute approximate surface area is 124 Å². The molecule has 0 aromatic carbocycles. The largest absolute Gasteiger partial charge is 0.464 e. The Morgan fingerprint density at radius 1 is 1.33 bits per heavy atom. The van der Waals surface area contributed by atoms with E-state index in [4.69, 9.17) is 4.74 Å². The van der Waals surface area contributed by atoms with E-state index >= 15 is 0 Å². The zero-order valence-corrected chi connectivity index (χ0v) is 11.8. The molecule has 4 rings (SSSR count). The van der Waals surface area contributed by atoms with Crippen LogP contribution in [0.3, 0.4) is 0 Å². The van der Waals surface area contributed by atoms with Crippen molar-refractivity contribution >= 4 is 11.7 Å². The molecule has 4 aliphatic rings. The number of aliphatic imine (C=N–C) groups is 1. The highest BCUT2D eigenvalue weighted by Gasteiger charge is 2.42. The molecule has 1 aliphatic heterocycles. The standard InChI is InChI=1S/C18H17NO2/c20-17(21-12-13-4-3-5-13)18-8-2-1-6-15(18)10-16-14(11-18)7-9-19-16/h1-2,6-11,13H,3-5,12H2. The Balaban J connectivity index is 1.64. The van der Waals surface area contributed by atoms with Crippen LogP contribution in [-0.2, 0) is 9.53 Å². The molecule has 0 bridgehead atoms. The van der Waals surface area contributed by atoms with Crippen LogP contribution in [0.2, 0.25) is 0 Å². The van der Waals surface area contributed by atoms with Crippen LogP contribution in [-0.4, -0.2) is 18.3 Å². The van der Waals surface area contributed by atoms with Gasteiger partial charge in [-0.05, 0) is 48.1 Å². The highest BCUT2D eigenvalue weighted by molar-refractivity contribution is 6.15. The van der Waals surface area contributed by atoms with Gasteiger partial charge in [0, 0.05) is 6.20 Å². The van der Waals surface area contributed by atoms with Crippen molar-refractivity contribution in [1.29, 1.82) is 0 Å². The number of nitrogens with zero attached hydrogens (tertiary/aromatic N) is 1. The first-order valence-corrected chi connectivity index (χ1v) is 7.51. The van der Waals surface area contributed by atoms with Gasteiger partial charge in [0.05, 0.1) is 12.3 Å². The molecule has 1 fully saturated rings. The molecule has 106 valence electrons. The minimum atomic E-state index is -0.776. The van der Waals surface area contributed by atoms with Gasteiger partial charge < -0.3 is 4.74 Å². The Morgan fingerprint density at radius 3 is 3.05 bits per heavy atom. The molecule has 21 heavy (non-hydrogen) atoms. The quantitative estimate of drug-likeness (QED) is 0.744. The third kappa shape index (κ3) is 1.96. The normalized spacial score (nSPS) is 29.0. The number of carbonyl (C=O) groups excluding carboxylic acids is 1. The number of allylic oxidation sites excluding steroid dienone is 6. The summed E-state index contributed by atoms with van der Waals surface area (Å²) in [6.07, 6.45) is 19.1. The molecule has 3 heteroatoms. The summed E-state index contributed by atoms with van der Waals surface area (Å²) in [5.74, 6) is 0.383. The number of esters is 1. The topological polar surface area (TPSA) is 38.7 Å². The molecule has 0 aromatic rings. The van der Waals surface area contributed by atoms with E-state index < -0.39 is 5.41 Å². The van der Waals surface area contributed by atoms with Crippen molar-refractivity contribution in [2.45, 2.75) is 19.3 Å². The lowest BCUT2D eigenvalue weighted by Crippen LogP contribution is -2.36. The average Bonchev–Trinajstić information content (AvgIpc) is 2.89. The van der Waals surface area contributed by atoms with E-state index in [9.17, 15) is 4.79 Å². The lowest BCUT2D eigenvalue weighted by atomic mass is 9.72. The van der Waals surface area contributed by atoms with Crippen molar-refractivity contribution < 1.29 is 9.53 Å². The van der Waals surface area contributed by atoms with E-state index in [-0.39, 0.29) is 5.97 Å². The Kier molecular flexibility index (Phi) is 2.81. The molecule has 1 unspecified atom stereocenters. The zero-order chi connectivity index (χ0) is 14.3. The first kappa shape index (κ1) is 12.6. The molecule has 0 amide bonds. The van der Waals surface area contributed by atoms with Crippen molar-refractivity contribution in [1.82, 2.24) is 0 Å². The average molecular weight is 279 g/mol. The fourth-order valence-corrected chi connectivity index (χ4v) is 3.11. The molecule has 0 saturated heterocycles. The molecule has 1 saturated carbocycles. The molecule has 1 atom stereocenters. The van der Waals surface area contributed by atoms with Crippen LogP contribution in [0.5, 0.6) is 0 Å². The van der Waals surface area contributed by atoms with E-state index in [1.54, 1.807) is 6.20 Å². The SMILES string of the molecule is O=C(OCC1CCC1)C12C=CC=CC1=CC1=NC=CC1=C2. The molecule has 1 heterocycles.